The van der Waals surface area contributed by atoms with Crippen molar-refractivity contribution in [3.63, 3.8) is 0 Å². The summed E-state index contributed by atoms with van der Waals surface area (Å²) in [7, 11) is -1.72. The van der Waals surface area contributed by atoms with Gasteiger partial charge in [0.2, 0.25) is 0 Å². The van der Waals surface area contributed by atoms with E-state index in [0.29, 0.717) is 17.7 Å². The number of sulfone groups is 1. The van der Waals surface area contributed by atoms with Gasteiger partial charge in [0.05, 0.1) is 10.6 Å². The Labute approximate surface area is 175 Å². The van der Waals surface area contributed by atoms with E-state index in [-0.39, 0.29) is 10.8 Å². The lowest BCUT2D eigenvalue weighted by Crippen LogP contribution is -2.21. The number of hydrogen-bond donors (Lipinski definition) is 1. The third-order valence-electron chi connectivity index (χ3n) is 5.07. The summed E-state index contributed by atoms with van der Waals surface area (Å²) in [5, 5.41) is 13.2. The van der Waals surface area contributed by atoms with Gasteiger partial charge in [-0.1, -0.05) is 41.6 Å². The monoisotopic (exact) mass is 425 g/mol. The molecule has 0 aliphatic rings. The van der Waals surface area contributed by atoms with E-state index in [2.05, 4.69) is 10.1 Å². The molecular formula is C22H23N3O4S. The minimum absolute atomic E-state index is 0.192. The standard InChI is InChI=1S/C22H23N3O4S/c1-15-6-4-5-7-19(15)20(16-8-10-18(11-9-16)30(3,28)29)12-21(24-27)17-13-23-22(26)25(2)14-17/h4-11,13-14,20,27H,12H2,1-3H3/b24-21-. The van der Waals surface area contributed by atoms with Crippen LogP contribution in [0.2, 0.25) is 0 Å². The van der Waals surface area contributed by atoms with Crippen LogP contribution in [-0.2, 0) is 16.9 Å². The van der Waals surface area contributed by atoms with Crippen molar-refractivity contribution < 1.29 is 13.6 Å². The van der Waals surface area contributed by atoms with Crippen LogP contribution in [0.5, 0.6) is 0 Å². The van der Waals surface area contributed by atoms with Crippen molar-refractivity contribution in [1.29, 1.82) is 0 Å². The van der Waals surface area contributed by atoms with Crippen molar-refractivity contribution in [3.05, 3.63) is 93.7 Å². The highest BCUT2D eigenvalue weighted by atomic mass is 32.2. The zero-order chi connectivity index (χ0) is 21.9. The lowest BCUT2D eigenvalue weighted by atomic mass is 9.84. The SMILES string of the molecule is Cc1ccccc1C(C/C(=N/O)c1cnc(=O)n(C)c1)c1ccc(S(C)(=O)=O)cc1. The topological polar surface area (TPSA) is 102 Å². The second kappa shape index (κ2) is 8.62. The Balaban J connectivity index is 2.07. The first kappa shape index (κ1) is 21.4. The average Bonchev–Trinajstić information content (AvgIpc) is 2.71. The summed E-state index contributed by atoms with van der Waals surface area (Å²) < 4.78 is 25.0. The van der Waals surface area contributed by atoms with Gasteiger partial charge >= 0.3 is 5.69 Å². The molecule has 3 aromatic rings. The Morgan fingerprint density at radius 3 is 2.40 bits per heavy atom. The molecule has 0 fully saturated rings. The van der Waals surface area contributed by atoms with Crippen LogP contribution in [0, 0.1) is 6.92 Å². The first-order valence-electron chi connectivity index (χ1n) is 9.30. The van der Waals surface area contributed by atoms with E-state index in [0.717, 1.165) is 16.7 Å². The molecule has 3 rings (SSSR count). The fourth-order valence-corrected chi connectivity index (χ4v) is 4.03. The Kier molecular flexibility index (Phi) is 6.17. The van der Waals surface area contributed by atoms with E-state index < -0.39 is 15.5 Å². The van der Waals surface area contributed by atoms with E-state index in [1.807, 2.05) is 31.2 Å². The van der Waals surface area contributed by atoms with Crippen molar-refractivity contribution in [2.75, 3.05) is 6.26 Å². The van der Waals surface area contributed by atoms with E-state index >= 15 is 0 Å². The minimum Gasteiger partial charge on any atom is -0.411 e. The number of aryl methyl sites for hydroxylation is 2. The number of nitrogens with zero attached hydrogens (tertiary/aromatic N) is 3. The maximum absolute atomic E-state index is 11.8. The zero-order valence-corrected chi connectivity index (χ0v) is 17.8. The van der Waals surface area contributed by atoms with Gasteiger partial charge in [-0.3, -0.25) is 0 Å². The van der Waals surface area contributed by atoms with E-state index in [1.54, 1.807) is 37.5 Å². The molecule has 0 aliphatic heterocycles. The third-order valence-corrected chi connectivity index (χ3v) is 6.20. The lowest BCUT2D eigenvalue weighted by Gasteiger charge is -2.21. The van der Waals surface area contributed by atoms with Crippen LogP contribution in [0.15, 0.2) is 75.8 Å². The molecule has 8 heteroatoms. The highest BCUT2D eigenvalue weighted by molar-refractivity contribution is 7.90. The smallest absolute Gasteiger partial charge is 0.347 e. The van der Waals surface area contributed by atoms with Crippen LogP contribution in [0.4, 0.5) is 0 Å². The summed E-state index contributed by atoms with van der Waals surface area (Å²) in [4.78, 5) is 15.7. The molecule has 0 spiro atoms. The molecule has 1 aromatic heterocycles. The fraction of sp³-hybridized carbons (Fsp3) is 0.227. The minimum atomic E-state index is -3.30. The molecule has 0 saturated carbocycles. The summed E-state index contributed by atoms with van der Waals surface area (Å²) >= 11 is 0. The number of rotatable bonds is 6. The number of hydrogen-bond acceptors (Lipinski definition) is 6. The molecule has 156 valence electrons. The summed E-state index contributed by atoms with van der Waals surface area (Å²) in [5.41, 5.74) is 3.48. The van der Waals surface area contributed by atoms with Gasteiger partial charge < -0.3 is 9.77 Å². The molecule has 0 saturated heterocycles. The predicted molar refractivity (Wildman–Crippen MR) is 115 cm³/mol. The summed E-state index contributed by atoms with van der Waals surface area (Å²) in [6.45, 7) is 2.00. The summed E-state index contributed by atoms with van der Waals surface area (Å²) in [6, 6.07) is 14.6. The molecule has 1 unspecified atom stereocenters. The summed E-state index contributed by atoms with van der Waals surface area (Å²) in [5.74, 6) is -0.192. The average molecular weight is 426 g/mol. The Morgan fingerprint density at radius 2 is 1.83 bits per heavy atom. The zero-order valence-electron chi connectivity index (χ0n) is 17.0. The summed E-state index contributed by atoms with van der Waals surface area (Å²) in [6.07, 6.45) is 4.47. The molecule has 1 N–H and O–H groups in total. The quantitative estimate of drug-likeness (QED) is 0.372. The van der Waals surface area contributed by atoms with E-state index in [9.17, 15) is 18.4 Å². The Morgan fingerprint density at radius 1 is 1.17 bits per heavy atom. The maximum atomic E-state index is 11.8. The van der Waals surface area contributed by atoms with Gasteiger partial charge in [0, 0.05) is 43.6 Å². The molecule has 7 nitrogen and oxygen atoms in total. The molecular weight excluding hydrogens is 402 g/mol. The predicted octanol–water partition coefficient (Wildman–Crippen LogP) is 2.89. The highest BCUT2D eigenvalue weighted by Crippen LogP contribution is 2.32. The third kappa shape index (κ3) is 4.65. The van der Waals surface area contributed by atoms with Gasteiger partial charge in [0.15, 0.2) is 9.84 Å². The molecule has 30 heavy (non-hydrogen) atoms. The molecule has 1 heterocycles. The normalized spacial score (nSPS) is 13.2. The van der Waals surface area contributed by atoms with Gasteiger partial charge in [-0.2, -0.15) is 0 Å². The van der Waals surface area contributed by atoms with Crippen molar-refractivity contribution >= 4 is 15.5 Å². The van der Waals surface area contributed by atoms with Crippen LogP contribution in [0.3, 0.4) is 0 Å². The van der Waals surface area contributed by atoms with Gasteiger partial charge in [0.25, 0.3) is 0 Å². The number of benzene rings is 2. The Bertz CT molecular complexity index is 1250. The molecule has 0 amide bonds. The first-order valence-corrected chi connectivity index (χ1v) is 11.2. The van der Waals surface area contributed by atoms with Crippen LogP contribution in [-0.4, -0.2) is 35.1 Å². The first-order chi connectivity index (χ1) is 14.2. The Hall–Kier alpha value is -3.26. The van der Waals surface area contributed by atoms with Gasteiger partial charge in [-0.25, -0.2) is 18.2 Å². The van der Waals surface area contributed by atoms with Crippen LogP contribution >= 0.6 is 0 Å². The number of aromatic nitrogens is 2. The van der Waals surface area contributed by atoms with Crippen molar-refractivity contribution in [2.45, 2.75) is 24.2 Å². The largest absolute Gasteiger partial charge is 0.411 e. The molecule has 0 aliphatic carbocycles. The van der Waals surface area contributed by atoms with Crippen molar-refractivity contribution in [3.8, 4) is 0 Å². The highest BCUT2D eigenvalue weighted by Gasteiger charge is 2.21. The molecule has 2 aromatic carbocycles. The van der Waals surface area contributed by atoms with Gasteiger partial charge in [-0.05, 0) is 35.7 Å². The maximum Gasteiger partial charge on any atom is 0.347 e. The van der Waals surface area contributed by atoms with Gasteiger partial charge in [-0.15, -0.1) is 0 Å². The fourth-order valence-electron chi connectivity index (χ4n) is 3.40. The molecule has 0 radical (unpaired) electrons. The molecule has 1 atom stereocenters. The second-order valence-electron chi connectivity index (χ2n) is 7.24. The number of oxime groups is 1. The van der Waals surface area contributed by atoms with E-state index in [1.165, 1.54) is 17.0 Å². The van der Waals surface area contributed by atoms with Crippen molar-refractivity contribution in [1.82, 2.24) is 9.55 Å². The van der Waals surface area contributed by atoms with Crippen LogP contribution in [0.1, 0.15) is 34.6 Å². The van der Waals surface area contributed by atoms with Crippen LogP contribution < -0.4 is 5.69 Å². The lowest BCUT2D eigenvalue weighted by molar-refractivity contribution is 0.317. The second-order valence-corrected chi connectivity index (χ2v) is 9.25. The van der Waals surface area contributed by atoms with Crippen LogP contribution in [0.25, 0.3) is 0 Å². The molecule has 0 bridgehead atoms. The van der Waals surface area contributed by atoms with E-state index in [4.69, 9.17) is 0 Å². The van der Waals surface area contributed by atoms with Crippen molar-refractivity contribution in [2.24, 2.45) is 12.2 Å². The van der Waals surface area contributed by atoms with Gasteiger partial charge in [0.1, 0.15) is 0 Å².